The van der Waals surface area contributed by atoms with Crippen molar-refractivity contribution >= 4 is 17.6 Å². The van der Waals surface area contributed by atoms with E-state index in [0.717, 1.165) is 12.1 Å². The topological polar surface area (TPSA) is 89.3 Å². The van der Waals surface area contributed by atoms with Gasteiger partial charge < -0.3 is 15.8 Å². The van der Waals surface area contributed by atoms with Crippen molar-refractivity contribution in [3.63, 3.8) is 0 Å². The summed E-state index contributed by atoms with van der Waals surface area (Å²) in [7, 11) is 0. The molecule has 23 heavy (non-hydrogen) atoms. The van der Waals surface area contributed by atoms with E-state index in [4.69, 9.17) is 5.73 Å². The number of nitrogens with two attached hydrogens (primary N) is 1. The average Bonchev–Trinajstić information content (AvgIpc) is 2.42. The summed E-state index contributed by atoms with van der Waals surface area (Å²) >= 11 is 0. The number of carbonyl (C=O) groups excluding carboxylic acids is 3. The summed E-state index contributed by atoms with van der Waals surface area (Å²) in [6.07, 6.45) is -4.70. The zero-order valence-electron chi connectivity index (χ0n) is 12.4. The molecule has 0 bridgehead atoms. The lowest BCUT2D eigenvalue weighted by Crippen LogP contribution is -2.45. The van der Waals surface area contributed by atoms with Crippen molar-refractivity contribution in [2.45, 2.75) is 38.4 Å². The highest BCUT2D eigenvalue weighted by atomic mass is 19.4. The lowest BCUT2D eigenvalue weighted by Gasteiger charge is -2.15. The van der Waals surface area contributed by atoms with E-state index < -0.39 is 29.6 Å². The second kappa shape index (κ2) is 7.75. The second-order valence-corrected chi connectivity index (χ2v) is 5.14. The van der Waals surface area contributed by atoms with Crippen LogP contribution >= 0.6 is 0 Å². The fourth-order valence-corrected chi connectivity index (χ4v) is 1.92. The summed E-state index contributed by atoms with van der Waals surface area (Å²) in [5, 5.41) is 2.33. The Morgan fingerprint density at radius 2 is 1.91 bits per heavy atom. The third kappa shape index (κ3) is 6.50. The highest BCUT2D eigenvalue weighted by Gasteiger charge is 2.30. The third-order valence-corrected chi connectivity index (χ3v) is 3.08. The van der Waals surface area contributed by atoms with Gasteiger partial charge in [0.25, 0.3) is 0 Å². The minimum atomic E-state index is -4.50. The molecule has 0 heterocycles. The summed E-state index contributed by atoms with van der Waals surface area (Å²) in [6.45, 7) is 1.34. The maximum Gasteiger partial charge on any atom is 0.416 e. The zero-order chi connectivity index (χ0) is 17.6. The van der Waals surface area contributed by atoms with Crippen molar-refractivity contribution in [1.29, 1.82) is 0 Å². The van der Waals surface area contributed by atoms with E-state index in [1.807, 2.05) is 0 Å². The van der Waals surface area contributed by atoms with Gasteiger partial charge in [0, 0.05) is 6.42 Å². The van der Waals surface area contributed by atoms with Gasteiger partial charge in [-0.2, -0.15) is 13.2 Å². The number of hydrogen-bond acceptors (Lipinski definition) is 3. The first kappa shape index (κ1) is 18.7. The van der Waals surface area contributed by atoms with E-state index in [9.17, 15) is 27.6 Å². The van der Waals surface area contributed by atoms with Gasteiger partial charge in [-0.3, -0.25) is 9.59 Å². The molecular formula is C15H17F3N2O3. The van der Waals surface area contributed by atoms with Crippen LogP contribution in [-0.2, 0) is 27.0 Å². The summed E-state index contributed by atoms with van der Waals surface area (Å²) in [6, 6.07) is 3.32. The number of primary amides is 1. The van der Waals surface area contributed by atoms with Crippen LogP contribution in [0.5, 0.6) is 0 Å². The predicted octanol–water partition coefficient (Wildman–Crippen LogP) is 1.59. The van der Waals surface area contributed by atoms with E-state index >= 15 is 0 Å². The molecule has 0 saturated carbocycles. The first-order valence-electron chi connectivity index (χ1n) is 6.84. The average molecular weight is 330 g/mol. The Bertz CT molecular complexity index is 600. The molecule has 0 aliphatic carbocycles. The number of alkyl halides is 3. The van der Waals surface area contributed by atoms with E-state index in [0.29, 0.717) is 0 Å². The molecule has 1 aromatic carbocycles. The van der Waals surface area contributed by atoms with Crippen molar-refractivity contribution < 1.29 is 27.6 Å². The fourth-order valence-electron chi connectivity index (χ4n) is 1.92. The number of halogens is 3. The summed E-state index contributed by atoms with van der Waals surface area (Å²) in [4.78, 5) is 34.0. The maximum absolute atomic E-state index is 12.6. The number of amides is 2. The smallest absolute Gasteiger partial charge is 0.368 e. The van der Waals surface area contributed by atoms with Crippen LogP contribution in [0.4, 0.5) is 13.2 Å². The molecule has 5 nitrogen and oxygen atoms in total. The molecule has 8 heteroatoms. The molecule has 0 unspecified atom stereocenters. The molecule has 0 aliphatic heterocycles. The Morgan fingerprint density at radius 3 is 2.43 bits per heavy atom. The maximum atomic E-state index is 12.6. The lowest BCUT2D eigenvalue weighted by molar-refractivity contribution is -0.137. The highest BCUT2D eigenvalue weighted by Crippen LogP contribution is 2.29. The lowest BCUT2D eigenvalue weighted by atomic mass is 10.1. The molecule has 3 N–H and O–H groups in total. The highest BCUT2D eigenvalue weighted by molar-refractivity contribution is 5.88. The van der Waals surface area contributed by atoms with Gasteiger partial charge in [-0.1, -0.05) is 18.2 Å². The van der Waals surface area contributed by atoms with Crippen LogP contribution in [0.2, 0.25) is 0 Å². The minimum absolute atomic E-state index is 0.0546. The molecule has 0 aliphatic rings. The van der Waals surface area contributed by atoms with E-state index in [1.165, 1.54) is 19.1 Å². The van der Waals surface area contributed by atoms with Gasteiger partial charge in [0.1, 0.15) is 11.8 Å². The van der Waals surface area contributed by atoms with Crippen LogP contribution in [-0.4, -0.2) is 23.6 Å². The number of ketones is 1. The van der Waals surface area contributed by atoms with Crippen LogP contribution in [0.1, 0.15) is 30.9 Å². The number of rotatable bonds is 7. The molecule has 1 aromatic rings. The SMILES string of the molecule is CC(=O)CC[C@H](NC(=O)Cc1cccc(C(F)(F)F)c1)C(N)=O. The van der Waals surface area contributed by atoms with E-state index in [1.54, 1.807) is 0 Å². The zero-order valence-corrected chi connectivity index (χ0v) is 12.4. The van der Waals surface area contributed by atoms with Crippen LogP contribution < -0.4 is 11.1 Å². The quantitative estimate of drug-likeness (QED) is 0.795. The number of nitrogens with one attached hydrogen (secondary N) is 1. The minimum Gasteiger partial charge on any atom is -0.368 e. The molecule has 126 valence electrons. The van der Waals surface area contributed by atoms with Crippen LogP contribution in [0.15, 0.2) is 24.3 Å². The van der Waals surface area contributed by atoms with Gasteiger partial charge in [0.2, 0.25) is 11.8 Å². The summed E-state index contributed by atoms with van der Waals surface area (Å²) < 4.78 is 37.8. The second-order valence-electron chi connectivity index (χ2n) is 5.14. The van der Waals surface area contributed by atoms with Crippen molar-refractivity contribution in [3.8, 4) is 0 Å². The molecular weight excluding hydrogens is 313 g/mol. The number of carbonyl (C=O) groups is 3. The van der Waals surface area contributed by atoms with Crippen molar-refractivity contribution in [3.05, 3.63) is 35.4 Å². The van der Waals surface area contributed by atoms with Gasteiger partial charge in [-0.15, -0.1) is 0 Å². The van der Waals surface area contributed by atoms with Crippen LogP contribution in [0.25, 0.3) is 0 Å². The largest absolute Gasteiger partial charge is 0.416 e. The van der Waals surface area contributed by atoms with Gasteiger partial charge >= 0.3 is 6.18 Å². The monoisotopic (exact) mass is 330 g/mol. The Balaban J connectivity index is 2.71. The number of Topliss-reactive ketones (excluding diaryl/α,β-unsaturated/α-hetero) is 1. The normalized spacial score (nSPS) is 12.5. The summed E-state index contributed by atoms with van der Waals surface area (Å²) in [5.74, 6) is -1.61. The van der Waals surface area contributed by atoms with Crippen LogP contribution in [0, 0.1) is 0 Å². The Morgan fingerprint density at radius 1 is 1.26 bits per heavy atom. The van der Waals surface area contributed by atoms with Gasteiger partial charge in [0.15, 0.2) is 0 Å². The first-order valence-corrected chi connectivity index (χ1v) is 6.84. The Hall–Kier alpha value is -2.38. The fraction of sp³-hybridized carbons (Fsp3) is 0.400. The van der Waals surface area contributed by atoms with Gasteiger partial charge in [0.05, 0.1) is 12.0 Å². The molecule has 1 atom stereocenters. The standard InChI is InChI=1S/C15H17F3N2O3/c1-9(21)5-6-12(14(19)23)20-13(22)8-10-3-2-4-11(7-10)15(16,17)18/h2-4,7,12H,5-6,8H2,1H3,(H2,19,23)(H,20,22)/t12-/m0/s1. The molecule has 1 rings (SSSR count). The van der Waals surface area contributed by atoms with Gasteiger partial charge in [-0.25, -0.2) is 0 Å². The van der Waals surface area contributed by atoms with Crippen molar-refractivity contribution in [1.82, 2.24) is 5.32 Å². The van der Waals surface area contributed by atoms with Gasteiger partial charge in [-0.05, 0) is 25.0 Å². The molecule has 0 radical (unpaired) electrons. The third-order valence-electron chi connectivity index (χ3n) is 3.08. The molecule has 0 aromatic heterocycles. The van der Waals surface area contributed by atoms with Crippen molar-refractivity contribution in [2.75, 3.05) is 0 Å². The Labute approximate surface area is 131 Å². The molecule has 0 spiro atoms. The van der Waals surface area contributed by atoms with Crippen LogP contribution in [0.3, 0.4) is 0 Å². The summed E-state index contributed by atoms with van der Waals surface area (Å²) in [5.41, 5.74) is 4.44. The molecule has 0 fully saturated rings. The molecule has 0 saturated heterocycles. The van der Waals surface area contributed by atoms with E-state index in [2.05, 4.69) is 5.32 Å². The number of benzene rings is 1. The van der Waals surface area contributed by atoms with Crippen molar-refractivity contribution in [2.24, 2.45) is 5.73 Å². The predicted molar refractivity (Wildman–Crippen MR) is 76.2 cm³/mol. The first-order chi connectivity index (χ1) is 10.6. The van der Waals surface area contributed by atoms with E-state index in [-0.39, 0.29) is 30.6 Å². The number of hydrogen-bond donors (Lipinski definition) is 2. The Kier molecular flexibility index (Phi) is 6.29. The molecule has 2 amide bonds.